The van der Waals surface area contributed by atoms with Crippen LogP contribution >= 0.6 is 11.6 Å². The van der Waals surface area contributed by atoms with Crippen LogP contribution in [0.4, 0.5) is 5.82 Å². The molecule has 1 unspecified atom stereocenters. The molecule has 1 heterocycles. The Hall–Kier alpha value is -1.37. The monoisotopic (exact) mass is 287 g/mol. The number of carboxylic acids is 1. The minimum Gasteiger partial charge on any atom is -0.478 e. The molecule has 0 saturated carbocycles. The molecule has 6 nitrogen and oxygen atoms in total. The normalized spacial score (nSPS) is 14.2. The molecule has 0 aliphatic heterocycles. The third kappa shape index (κ3) is 5.02. The topological polar surface area (TPSA) is 85.7 Å². The Bertz CT molecular complexity index is 464. The number of aromatic nitrogens is 1. The number of rotatable bonds is 6. The lowest BCUT2D eigenvalue weighted by Crippen LogP contribution is -2.43. The quantitative estimate of drug-likeness (QED) is 0.728. The zero-order valence-corrected chi connectivity index (χ0v) is 11.9. The Morgan fingerprint density at radius 3 is 2.74 bits per heavy atom. The lowest BCUT2D eigenvalue weighted by Gasteiger charge is -2.27. The predicted octanol–water partition coefficient (Wildman–Crippen LogP) is 1.16. The molecule has 106 valence electrons. The Morgan fingerprint density at radius 2 is 2.21 bits per heavy atom. The molecule has 1 rings (SSSR count). The van der Waals surface area contributed by atoms with E-state index >= 15 is 0 Å². The van der Waals surface area contributed by atoms with Gasteiger partial charge in [-0.25, -0.2) is 9.78 Å². The molecule has 0 saturated heterocycles. The maximum Gasteiger partial charge on any atom is 0.337 e. The molecule has 1 aromatic heterocycles. The fourth-order valence-electron chi connectivity index (χ4n) is 1.72. The van der Waals surface area contributed by atoms with Gasteiger partial charge in [0.05, 0.1) is 16.2 Å². The van der Waals surface area contributed by atoms with Gasteiger partial charge in [0.15, 0.2) is 0 Å². The fraction of sp³-hybridized carbons (Fsp3) is 0.500. The molecule has 3 N–H and O–H groups in total. The SMILES string of the molecule is CN(C)CC(C)(O)CNc1cc(C(=O)O)c(Cl)cn1. The Kier molecular flexibility index (Phi) is 5.11. The van der Waals surface area contributed by atoms with E-state index in [0.29, 0.717) is 12.4 Å². The van der Waals surface area contributed by atoms with Crippen LogP contribution in [-0.2, 0) is 0 Å². The Labute approximate surface area is 117 Å². The summed E-state index contributed by atoms with van der Waals surface area (Å²) in [5, 5.41) is 22.0. The number of halogens is 1. The first kappa shape index (κ1) is 15.7. The number of carboxylic acid groups (broad SMARTS) is 1. The number of nitrogens with one attached hydrogen (secondary N) is 1. The van der Waals surface area contributed by atoms with E-state index in [1.807, 2.05) is 19.0 Å². The standard InChI is InChI=1S/C12H18ClN3O3/c1-12(19,7-16(2)3)6-15-10-4-8(11(17)18)9(13)5-14-10/h4-5,19H,6-7H2,1-3H3,(H,14,15)(H,17,18). The van der Waals surface area contributed by atoms with Gasteiger partial charge < -0.3 is 20.4 Å². The van der Waals surface area contributed by atoms with Crippen molar-refractivity contribution in [3.8, 4) is 0 Å². The molecule has 0 bridgehead atoms. The Morgan fingerprint density at radius 1 is 1.58 bits per heavy atom. The highest BCUT2D eigenvalue weighted by molar-refractivity contribution is 6.33. The van der Waals surface area contributed by atoms with E-state index in [9.17, 15) is 9.90 Å². The summed E-state index contributed by atoms with van der Waals surface area (Å²) in [6.45, 7) is 2.41. The zero-order valence-electron chi connectivity index (χ0n) is 11.1. The first-order valence-corrected chi connectivity index (χ1v) is 6.09. The molecular weight excluding hydrogens is 270 g/mol. The first-order valence-electron chi connectivity index (χ1n) is 5.71. The van der Waals surface area contributed by atoms with Crippen molar-refractivity contribution in [1.82, 2.24) is 9.88 Å². The Balaban J connectivity index is 2.73. The maximum absolute atomic E-state index is 10.9. The molecule has 7 heteroatoms. The summed E-state index contributed by atoms with van der Waals surface area (Å²) in [7, 11) is 3.72. The molecule has 0 aromatic carbocycles. The number of carbonyl (C=O) groups is 1. The molecule has 0 spiro atoms. The van der Waals surface area contributed by atoms with Gasteiger partial charge in [-0.3, -0.25) is 0 Å². The van der Waals surface area contributed by atoms with E-state index in [2.05, 4.69) is 10.3 Å². The van der Waals surface area contributed by atoms with Crippen LogP contribution in [0.15, 0.2) is 12.3 Å². The zero-order chi connectivity index (χ0) is 14.6. The molecular formula is C12H18ClN3O3. The van der Waals surface area contributed by atoms with Gasteiger partial charge >= 0.3 is 5.97 Å². The van der Waals surface area contributed by atoms with Crippen molar-refractivity contribution >= 4 is 23.4 Å². The lowest BCUT2D eigenvalue weighted by atomic mass is 10.1. The van der Waals surface area contributed by atoms with Crippen molar-refractivity contribution in [2.45, 2.75) is 12.5 Å². The van der Waals surface area contributed by atoms with E-state index in [4.69, 9.17) is 16.7 Å². The third-order valence-corrected chi connectivity index (χ3v) is 2.69. The van der Waals surface area contributed by atoms with Crippen LogP contribution in [0.1, 0.15) is 17.3 Å². The largest absolute Gasteiger partial charge is 0.478 e. The first-order chi connectivity index (χ1) is 8.71. The summed E-state index contributed by atoms with van der Waals surface area (Å²) in [4.78, 5) is 16.8. The number of hydrogen-bond acceptors (Lipinski definition) is 5. The second kappa shape index (κ2) is 6.18. The molecule has 0 fully saturated rings. The average molecular weight is 288 g/mol. The van der Waals surface area contributed by atoms with Crippen LogP contribution in [-0.4, -0.2) is 58.9 Å². The highest BCUT2D eigenvalue weighted by Gasteiger charge is 2.21. The van der Waals surface area contributed by atoms with Gasteiger partial charge in [-0.05, 0) is 27.1 Å². The number of aromatic carboxylic acids is 1. The number of aliphatic hydroxyl groups is 1. The summed E-state index contributed by atoms with van der Waals surface area (Å²) >= 11 is 5.72. The smallest absolute Gasteiger partial charge is 0.337 e. The second-order valence-electron chi connectivity index (χ2n) is 4.94. The van der Waals surface area contributed by atoms with Crippen LogP contribution in [0.2, 0.25) is 5.02 Å². The minimum absolute atomic E-state index is 0.0218. The number of nitrogens with zero attached hydrogens (tertiary/aromatic N) is 2. The van der Waals surface area contributed by atoms with Gasteiger partial charge in [0.1, 0.15) is 5.82 Å². The van der Waals surface area contributed by atoms with E-state index in [0.717, 1.165) is 0 Å². The van der Waals surface area contributed by atoms with Gasteiger partial charge in [0.2, 0.25) is 0 Å². The van der Waals surface area contributed by atoms with Crippen LogP contribution in [0.3, 0.4) is 0 Å². The van der Waals surface area contributed by atoms with Crippen LogP contribution in [0.25, 0.3) is 0 Å². The molecule has 0 amide bonds. The van der Waals surface area contributed by atoms with Gasteiger partial charge in [-0.1, -0.05) is 11.6 Å². The highest BCUT2D eigenvalue weighted by atomic mass is 35.5. The van der Waals surface area contributed by atoms with E-state index in [-0.39, 0.29) is 17.1 Å². The molecule has 0 aliphatic rings. The summed E-state index contributed by atoms with van der Waals surface area (Å²) in [5.41, 5.74) is -0.972. The summed E-state index contributed by atoms with van der Waals surface area (Å²) in [5.74, 6) is -0.753. The van der Waals surface area contributed by atoms with Crippen molar-refractivity contribution in [3.05, 3.63) is 22.8 Å². The highest BCUT2D eigenvalue weighted by Crippen LogP contribution is 2.18. The molecule has 19 heavy (non-hydrogen) atoms. The van der Waals surface area contributed by atoms with Crippen LogP contribution in [0.5, 0.6) is 0 Å². The molecule has 1 atom stereocenters. The van der Waals surface area contributed by atoms with Crippen molar-refractivity contribution < 1.29 is 15.0 Å². The van der Waals surface area contributed by atoms with Gasteiger partial charge in [-0.15, -0.1) is 0 Å². The van der Waals surface area contributed by atoms with Crippen molar-refractivity contribution in [1.29, 1.82) is 0 Å². The maximum atomic E-state index is 10.9. The van der Waals surface area contributed by atoms with Gasteiger partial charge in [-0.2, -0.15) is 0 Å². The number of anilines is 1. The fourth-order valence-corrected chi connectivity index (χ4v) is 1.90. The van der Waals surface area contributed by atoms with Gasteiger partial charge in [0, 0.05) is 19.3 Å². The van der Waals surface area contributed by atoms with Crippen molar-refractivity contribution in [2.24, 2.45) is 0 Å². The van der Waals surface area contributed by atoms with Gasteiger partial charge in [0.25, 0.3) is 0 Å². The average Bonchev–Trinajstić information content (AvgIpc) is 2.26. The second-order valence-corrected chi connectivity index (χ2v) is 5.35. The summed E-state index contributed by atoms with van der Waals surface area (Å²) in [6.07, 6.45) is 1.27. The lowest BCUT2D eigenvalue weighted by molar-refractivity contribution is 0.0459. The van der Waals surface area contributed by atoms with Crippen LogP contribution < -0.4 is 5.32 Å². The van der Waals surface area contributed by atoms with E-state index in [1.54, 1.807) is 6.92 Å². The summed E-state index contributed by atoms with van der Waals surface area (Å²) in [6, 6.07) is 1.34. The third-order valence-electron chi connectivity index (χ3n) is 2.39. The van der Waals surface area contributed by atoms with E-state index in [1.165, 1.54) is 12.3 Å². The van der Waals surface area contributed by atoms with Crippen molar-refractivity contribution in [3.63, 3.8) is 0 Å². The van der Waals surface area contributed by atoms with Crippen molar-refractivity contribution in [2.75, 3.05) is 32.5 Å². The predicted molar refractivity (Wildman–Crippen MR) is 73.9 cm³/mol. The number of hydrogen-bond donors (Lipinski definition) is 3. The molecule has 1 aromatic rings. The summed E-state index contributed by atoms with van der Waals surface area (Å²) < 4.78 is 0. The van der Waals surface area contributed by atoms with Crippen LogP contribution in [0, 0.1) is 0 Å². The van der Waals surface area contributed by atoms with E-state index < -0.39 is 11.6 Å². The molecule has 0 radical (unpaired) electrons. The number of pyridine rings is 1. The molecule has 0 aliphatic carbocycles. The number of likely N-dealkylation sites (N-methyl/N-ethyl adjacent to an activating group) is 1. The minimum atomic E-state index is -1.12.